The van der Waals surface area contributed by atoms with Crippen molar-refractivity contribution in [3.05, 3.63) is 15.9 Å². The van der Waals surface area contributed by atoms with Crippen LogP contribution in [-0.2, 0) is 13.5 Å². The molecule has 0 aliphatic rings. The molecule has 0 saturated heterocycles. The van der Waals surface area contributed by atoms with E-state index in [1.54, 1.807) is 0 Å². The summed E-state index contributed by atoms with van der Waals surface area (Å²) in [5.74, 6) is 6.32. The molecule has 0 radical (unpaired) electrons. The second kappa shape index (κ2) is 6.37. The van der Waals surface area contributed by atoms with E-state index in [0.717, 1.165) is 23.0 Å². The standard InChI is InChI=1S/C14H27BrN4/c1-9(14(3,4)5)7-11(17-16)8-12-13(15)10(2)18-19(12)6/h9,11,17H,7-8,16H2,1-6H3. The van der Waals surface area contributed by atoms with Crippen LogP contribution in [0.3, 0.4) is 0 Å². The first-order chi connectivity index (χ1) is 8.66. The molecule has 110 valence electrons. The van der Waals surface area contributed by atoms with Crippen LogP contribution in [0.2, 0.25) is 0 Å². The highest BCUT2D eigenvalue weighted by Gasteiger charge is 2.24. The third-order valence-electron chi connectivity index (χ3n) is 4.05. The summed E-state index contributed by atoms with van der Waals surface area (Å²) in [5.41, 5.74) is 5.48. The normalized spacial score (nSPS) is 15.6. The van der Waals surface area contributed by atoms with E-state index >= 15 is 0 Å². The van der Waals surface area contributed by atoms with Crippen molar-refractivity contribution in [3.63, 3.8) is 0 Å². The van der Waals surface area contributed by atoms with Crippen LogP contribution >= 0.6 is 15.9 Å². The first-order valence-electron chi connectivity index (χ1n) is 6.81. The number of nitrogens with zero attached hydrogens (tertiary/aromatic N) is 2. The van der Waals surface area contributed by atoms with Crippen molar-refractivity contribution in [3.8, 4) is 0 Å². The first-order valence-corrected chi connectivity index (χ1v) is 7.60. The number of nitrogens with one attached hydrogen (secondary N) is 1. The van der Waals surface area contributed by atoms with E-state index in [4.69, 9.17) is 5.84 Å². The summed E-state index contributed by atoms with van der Waals surface area (Å²) in [6.45, 7) is 11.1. The van der Waals surface area contributed by atoms with Crippen LogP contribution in [0.25, 0.3) is 0 Å². The van der Waals surface area contributed by atoms with Crippen LogP contribution in [-0.4, -0.2) is 15.8 Å². The Balaban J connectivity index is 2.77. The monoisotopic (exact) mass is 330 g/mol. The number of rotatable bonds is 5. The minimum Gasteiger partial charge on any atom is -0.271 e. The molecule has 0 aromatic carbocycles. The Morgan fingerprint density at radius 1 is 1.42 bits per heavy atom. The van der Waals surface area contributed by atoms with Gasteiger partial charge in [0, 0.05) is 19.5 Å². The van der Waals surface area contributed by atoms with Crippen molar-refractivity contribution >= 4 is 15.9 Å². The fourth-order valence-electron chi connectivity index (χ4n) is 2.13. The molecule has 0 fully saturated rings. The molecule has 2 atom stereocenters. The van der Waals surface area contributed by atoms with Gasteiger partial charge in [-0.05, 0) is 40.6 Å². The first kappa shape index (κ1) is 16.7. The Hall–Kier alpha value is -0.390. The lowest BCUT2D eigenvalue weighted by Crippen LogP contribution is -2.40. The summed E-state index contributed by atoms with van der Waals surface area (Å²) in [7, 11) is 1.98. The zero-order valence-electron chi connectivity index (χ0n) is 12.9. The summed E-state index contributed by atoms with van der Waals surface area (Å²) in [4.78, 5) is 0. The van der Waals surface area contributed by atoms with E-state index in [1.165, 1.54) is 5.69 Å². The van der Waals surface area contributed by atoms with Crippen molar-refractivity contribution in [1.29, 1.82) is 0 Å². The van der Waals surface area contributed by atoms with Crippen LogP contribution < -0.4 is 11.3 Å². The van der Waals surface area contributed by atoms with Crippen LogP contribution in [0.5, 0.6) is 0 Å². The van der Waals surface area contributed by atoms with Gasteiger partial charge in [0.15, 0.2) is 0 Å². The Kier molecular flexibility index (Phi) is 5.59. The predicted molar refractivity (Wildman–Crippen MR) is 83.7 cm³/mol. The third kappa shape index (κ3) is 4.29. The summed E-state index contributed by atoms with van der Waals surface area (Å²) in [6, 6.07) is 0.264. The minimum absolute atomic E-state index is 0.264. The number of hydrogen-bond donors (Lipinski definition) is 2. The maximum atomic E-state index is 5.72. The molecule has 0 aliphatic heterocycles. The molecule has 1 heterocycles. The quantitative estimate of drug-likeness (QED) is 0.644. The van der Waals surface area contributed by atoms with Crippen molar-refractivity contribution < 1.29 is 0 Å². The number of aromatic nitrogens is 2. The van der Waals surface area contributed by atoms with Crippen LogP contribution in [0.1, 0.15) is 45.5 Å². The molecule has 0 aliphatic carbocycles. The molecule has 0 amide bonds. The highest BCUT2D eigenvalue weighted by atomic mass is 79.9. The number of hydrogen-bond acceptors (Lipinski definition) is 3. The molecule has 1 rings (SSSR count). The molecule has 2 unspecified atom stereocenters. The lowest BCUT2D eigenvalue weighted by molar-refractivity contribution is 0.221. The smallest absolute Gasteiger partial charge is 0.0738 e. The summed E-state index contributed by atoms with van der Waals surface area (Å²) < 4.78 is 3.03. The van der Waals surface area contributed by atoms with Crippen molar-refractivity contribution in [2.75, 3.05) is 0 Å². The predicted octanol–water partition coefficient (Wildman–Crippen LogP) is 2.94. The highest BCUT2D eigenvalue weighted by molar-refractivity contribution is 9.10. The fourth-order valence-corrected chi connectivity index (χ4v) is 2.62. The lowest BCUT2D eigenvalue weighted by Gasteiger charge is -2.30. The van der Waals surface area contributed by atoms with E-state index in [2.05, 4.69) is 54.1 Å². The molecule has 19 heavy (non-hydrogen) atoms. The van der Waals surface area contributed by atoms with Gasteiger partial charge in [0.1, 0.15) is 0 Å². The number of halogens is 1. The van der Waals surface area contributed by atoms with Crippen LogP contribution in [0.15, 0.2) is 4.47 Å². The molecular formula is C14H27BrN4. The topological polar surface area (TPSA) is 55.9 Å². The zero-order chi connectivity index (χ0) is 14.8. The zero-order valence-corrected chi connectivity index (χ0v) is 14.5. The Bertz CT molecular complexity index is 420. The van der Waals surface area contributed by atoms with Gasteiger partial charge in [-0.15, -0.1) is 0 Å². The second-order valence-electron chi connectivity index (χ2n) is 6.54. The summed E-state index contributed by atoms with van der Waals surface area (Å²) in [6.07, 6.45) is 1.94. The molecule has 1 aromatic heterocycles. The number of hydrazine groups is 1. The van der Waals surface area contributed by atoms with Gasteiger partial charge < -0.3 is 0 Å². The van der Waals surface area contributed by atoms with E-state index < -0.39 is 0 Å². The molecule has 3 N–H and O–H groups in total. The van der Waals surface area contributed by atoms with Crippen molar-refractivity contribution in [2.24, 2.45) is 24.2 Å². The van der Waals surface area contributed by atoms with Gasteiger partial charge in [-0.2, -0.15) is 5.10 Å². The van der Waals surface area contributed by atoms with Gasteiger partial charge in [0.2, 0.25) is 0 Å². The second-order valence-corrected chi connectivity index (χ2v) is 7.33. The van der Waals surface area contributed by atoms with Gasteiger partial charge in [0.25, 0.3) is 0 Å². The minimum atomic E-state index is 0.264. The molecule has 5 heteroatoms. The Morgan fingerprint density at radius 2 is 2.00 bits per heavy atom. The van der Waals surface area contributed by atoms with E-state index in [9.17, 15) is 0 Å². The molecular weight excluding hydrogens is 304 g/mol. The maximum Gasteiger partial charge on any atom is 0.0738 e. The van der Waals surface area contributed by atoms with Crippen molar-refractivity contribution in [1.82, 2.24) is 15.2 Å². The molecule has 1 aromatic rings. The molecule has 0 spiro atoms. The number of aryl methyl sites for hydroxylation is 2. The van der Waals surface area contributed by atoms with E-state index in [-0.39, 0.29) is 6.04 Å². The van der Waals surface area contributed by atoms with Gasteiger partial charge >= 0.3 is 0 Å². The average Bonchev–Trinajstić information content (AvgIpc) is 2.53. The highest BCUT2D eigenvalue weighted by Crippen LogP contribution is 2.30. The average molecular weight is 331 g/mol. The third-order valence-corrected chi connectivity index (χ3v) is 5.09. The van der Waals surface area contributed by atoms with Crippen molar-refractivity contribution in [2.45, 2.75) is 53.5 Å². The van der Waals surface area contributed by atoms with Gasteiger partial charge in [-0.3, -0.25) is 16.0 Å². The number of nitrogens with two attached hydrogens (primary N) is 1. The largest absolute Gasteiger partial charge is 0.271 e. The molecule has 0 bridgehead atoms. The molecule has 4 nitrogen and oxygen atoms in total. The van der Waals surface area contributed by atoms with Gasteiger partial charge in [-0.25, -0.2) is 0 Å². The SMILES string of the molecule is Cc1nn(C)c(CC(CC(C)C(C)(C)C)NN)c1Br. The fraction of sp³-hybridized carbons (Fsp3) is 0.786. The lowest BCUT2D eigenvalue weighted by atomic mass is 9.78. The van der Waals surface area contributed by atoms with E-state index in [0.29, 0.717) is 11.3 Å². The van der Waals surface area contributed by atoms with Crippen LogP contribution in [0.4, 0.5) is 0 Å². The van der Waals surface area contributed by atoms with Crippen LogP contribution in [0, 0.1) is 18.3 Å². The van der Waals surface area contributed by atoms with E-state index in [1.807, 2.05) is 18.7 Å². The maximum absolute atomic E-state index is 5.72. The molecule has 0 saturated carbocycles. The Morgan fingerprint density at radius 3 is 2.37 bits per heavy atom. The Labute approximate surface area is 125 Å². The summed E-state index contributed by atoms with van der Waals surface area (Å²) >= 11 is 3.61. The summed E-state index contributed by atoms with van der Waals surface area (Å²) in [5, 5.41) is 4.43. The van der Waals surface area contributed by atoms with Gasteiger partial charge in [-0.1, -0.05) is 27.7 Å². The van der Waals surface area contributed by atoms with Gasteiger partial charge in [0.05, 0.1) is 15.9 Å².